The highest BCUT2D eigenvalue weighted by Gasteiger charge is 2.18. The Morgan fingerprint density at radius 1 is 1.13 bits per heavy atom. The van der Waals surface area contributed by atoms with Crippen LogP contribution in [0.1, 0.15) is 71.6 Å². The molecular weight excluding hydrogens is 290 g/mol. The standard InChI is InChI=1S/C18H35N3O2/c1-4-23-17(22)9-7-5-6-8-14-20-18(19-3)21-16-12-10-15(2)11-13-16/h15-16H,4-14H2,1-3H3,(H2,19,20,21). The molecule has 1 aliphatic carbocycles. The van der Waals surface area contributed by atoms with Crippen molar-refractivity contribution in [3.8, 4) is 0 Å². The zero-order valence-corrected chi connectivity index (χ0v) is 15.2. The number of ether oxygens (including phenoxy) is 1. The summed E-state index contributed by atoms with van der Waals surface area (Å²) in [6.45, 7) is 5.60. The zero-order chi connectivity index (χ0) is 16.9. The highest BCUT2D eigenvalue weighted by Crippen LogP contribution is 2.23. The average Bonchev–Trinajstić information content (AvgIpc) is 2.55. The number of unbranched alkanes of at least 4 members (excludes halogenated alkanes) is 3. The summed E-state index contributed by atoms with van der Waals surface area (Å²) in [6.07, 6.45) is 9.90. The molecule has 0 atom stereocenters. The molecule has 2 N–H and O–H groups in total. The largest absolute Gasteiger partial charge is 0.466 e. The van der Waals surface area contributed by atoms with Crippen LogP contribution in [-0.2, 0) is 9.53 Å². The Morgan fingerprint density at radius 2 is 1.83 bits per heavy atom. The van der Waals surface area contributed by atoms with E-state index in [0.29, 0.717) is 19.1 Å². The molecule has 0 spiro atoms. The van der Waals surface area contributed by atoms with E-state index in [9.17, 15) is 4.79 Å². The van der Waals surface area contributed by atoms with Crippen molar-refractivity contribution in [3.05, 3.63) is 0 Å². The van der Waals surface area contributed by atoms with Gasteiger partial charge in [-0.25, -0.2) is 0 Å². The Kier molecular flexibility index (Phi) is 10.5. The lowest BCUT2D eigenvalue weighted by atomic mass is 9.87. The monoisotopic (exact) mass is 325 g/mol. The Balaban J connectivity index is 2.01. The summed E-state index contributed by atoms with van der Waals surface area (Å²) in [5.41, 5.74) is 0. The van der Waals surface area contributed by atoms with Crippen LogP contribution in [0.15, 0.2) is 4.99 Å². The van der Waals surface area contributed by atoms with E-state index in [0.717, 1.165) is 44.1 Å². The minimum Gasteiger partial charge on any atom is -0.466 e. The van der Waals surface area contributed by atoms with Crippen molar-refractivity contribution in [1.29, 1.82) is 0 Å². The normalized spacial score (nSPS) is 21.8. The van der Waals surface area contributed by atoms with Crippen LogP contribution < -0.4 is 10.6 Å². The van der Waals surface area contributed by atoms with Crippen LogP contribution >= 0.6 is 0 Å². The van der Waals surface area contributed by atoms with Gasteiger partial charge in [0.05, 0.1) is 6.61 Å². The molecule has 0 bridgehead atoms. The summed E-state index contributed by atoms with van der Waals surface area (Å²) in [5, 5.41) is 6.93. The molecule has 0 aromatic carbocycles. The molecule has 0 unspecified atom stereocenters. The maximum absolute atomic E-state index is 11.2. The molecule has 0 saturated heterocycles. The second-order valence-electron chi connectivity index (χ2n) is 6.57. The van der Waals surface area contributed by atoms with Gasteiger partial charge in [0.1, 0.15) is 0 Å². The summed E-state index contributed by atoms with van der Waals surface area (Å²) in [6, 6.07) is 0.571. The lowest BCUT2D eigenvalue weighted by Crippen LogP contribution is -2.44. The SMILES string of the molecule is CCOC(=O)CCCCCCNC(=NC)NC1CCC(C)CC1. The lowest BCUT2D eigenvalue weighted by molar-refractivity contribution is -0.143. The first kappa shape index (κ1) is 19.8. The van der Waals surface area contributed by atoms with Gasteiger partial charge in [-0.2, -0.15) is 0 Å². The fraction of sp³-hybridized carbons (Fsp3) is 0.889. The minimum atomic E-state index is -0.0722. The van der Waals surface area contributed by atoms with Gasteiger partial charge in [-0.05, 0) is 51.4 Å². The fourth-order valence-corrected chi connectivity index (χ4v) is 2.98. The Hall–Kier alpha value is -1.26. The molecule has 1 aliphatic rings. The molecule has 0 aromatic heterocycles. The van der Waals surface area contributed by atoms with Gasteiger partial charge in [0.2, 0.25) is 0 Å². The third kappa shape index (κ3) is 9.47. The number of hydrogen-bond acceptors (Lipinski definition) is 3. The molecule has 134 valence electrons. The Morgan fingerprint density at radius 3 is 2.48 bits per heavy atom. The predicted molar refractivity (Wildman–Crippen MR) is 95.6 cm³/mol. The van der Waals surface area contributed by atoms with Gasteiger partial charge in [-0.1, -0.05) is 19.8 Å². The number of nitrogens with zero attached hydrogens (tertiary/aromatic N) is 1. The first-order chi connectivity index (χ1) is 11.2. The predicted octanol–water partition coefficient (Wildman–Crippen LogP) is 3.24. The van der Waals surface area contributed by atoms with Crippen molar-refractivity contribution in [3.63, 3.8) is 0 Å². The van der Waals surface area contributed by atoms with E-state index in [1.165, 1.54) is 25.7 Å². The van der Waals surface area contributed by atoms with Crippen molar-refractivity contribution in [2.75, 3.05) is 20.2 Å². The van der Waals surface area contributed by atoms with Gasteiger partial charge in [-0.15, -0.1) is 0 Å². The first-order valence-corrected chi connectivity index (χ1v) is 9.28. The molecule has 0 aliphatic heterocycles. The third-order valence-corrected chi connectivity index (χ3v) is 4.49. The maximum atomic E-state index is 11.2. The highest BCUT2D eigenvalue weighted by molar-refractivity contribution is 5.79. The minimum absolute atomic E-state index is 0.0722. The van der Waals surface area contributed by atoms with E-state index < -0.39 is 0 Å². The number of rotatable bonds is 9. The number of carbonyl (C=O) groups excluding carboxylic acids is 1. The molecule has 1 rings (SSSR count). The van der Waals surface area contributed by atoms with Gasteiger partial charge in [0.15, 0.2) is 5.96 Å². The second kappa shape index (κ2) is 12.2. The van der Waals surface area contributed by atoms with Crippen molar-refractivity contribution in [1.82, 2.24) is 10.6 Å². The van der Waals surface area contributed by atoms with Crippen LogP contribution in [0.2, 0.25) is 0 Å². The van der Waals surface area contributed by atoms with Crippen LogP contribution in [0.25, 0.3) is 0 Å². The van der Waals surface area contributed by atoms with Crippen LogP contribution in [0, 0.1) is 5.92 Å². The molecule has 23 heavy (non-hydrogen) atoms. The molecule has 5 nitrogen and oxygen atoms in total. The van der Waals surface area contributed by atoms with Crippen molar-refractivity contribution in [2.24, 2.45) is 10.9 Å². The average molecular weight is 325 g/mol. The highest BCUT2D eigenvalue weighted by atomic mass is 16.5. The smallest absolute Gasteiger partial charge is 0.305 e. The topological polar surface area (TPSA) is 62.7 Å². The summed E-state index contributed by atoms with van der Waals surface area (Å²) < 4.78 is 4.92. The van der Waals surface area contributed by atoms with Crippen molar-refractivity contribution in [2.45, 2.75) is 77.7 Å². The molecule has 0 radical (unpaired) electrons. The van der Waals surface area contributed by atoms with Gasteiger partial charge in [-0.3, -0.25) is 9.79 Å². The lowest BCUT2D eigenvalue weighted by Gasteiger charge is -2.28. The van der Waals surface area contributed by atoms with E-state index in [1.54, 1.807) is 0 Å². The molecule has 0 amide bonds. The summed E-state index contributed by atoms with van der Waals surface area (Å²) in [7, 11) is 1.83. The fourth-order valence-electron chi connectivity index (χ4n) is 2.98. The van der Waals surface area contributed by atoms with Gasteiger partial charge in [0.25, 0.3) is 0 Å². The zero-order valence-electron chi connectivity index (χ0n) is 15.2. The Labute approximate surface area is 141 Å². The molecule has 1 fully saturated rings. The van der Waals surface area contributed by atoms with Crippen LogP contribution in [0.5, 0.6) is 0 Å². The number of carbonyl (C=O) groups is 1. The van der Waals surface area contributed by atoms with E-state index in [-0.39, 0.29) is 5.97 Å². The van der Waals surface area contributed by atoms with Crippen LogP contribution in [0.3, 0.4) is 0 Å². The van der Waals surface area contributed by atoms with Crippen molar-refractivity contribution >= 4 is 11.9 Å². The van der Waals surface area contributed by atoms with E-state index in [4.69, 9.17) is 4.74 Å². The van der Waals surface area contributed by atoms with Gasteiger partial charge < -0.3 is 15.4 Å². The quantitative estimate of drug-likeness (QED) is 0.296. The number of hydrogen-bond donors (Lipinski definition) is 2. The Bertz CT molecular complexity index is 350. The summed E-state index contributed by atoms with van der Waals surface area (Å²) >= 11 is 0. The number of guanidine groups is 1. The van der Waals surface area contributed by atoms with Gasteiger partial charge in [0, 0.05) is 26.1 Å². The number of esters is 1. The second-order valence-corrected chi connectivity index (χ2v) is 6.57. The van der Waals surface area contributed by atoms with Crippen LogP contribution in [0.4, 0.5) is 0 Å². The maximum Gasteiger partial charge on any atom is 0.305 e. The summed E-state index contributed by atoms with van der Waals surface area (Å²) in [5.74, 6) is 1.73. The first-order valence-electron chi connectivity index (χ1n) is 9.28. The third-order valence-electron chi connectivity index (χ3n) is 4.49. The van der Waals surface area contributed by atoms with E-state index in [2.05, 4.69) is 22.5 Å². The molecule has 5 heteroatoms. The van der Waals surface area contributed by atoms with E-state index in [1.807, 2.05) is 14.0 Å². The molecular formula is C18H35N3O2. The number of nitrogens with one attached hydrogen (secondary N) is 2. The molecule has 0 aromatic rings. The molecule has 1 saturated carbocycles. The van der Waals surface area contributed by atoms with Crippen molar-refractivity contribution < 1.29 is 9.53 Å². The van der Waals surface area contributed by atoms with Gasteiger partial charge >= 0.3 is 5.97 Å². The summed E-state index contributed by atoms with van der Waals surface area (Å²) in [4.78, 5) is 15.5. The van der Waals surface area contributed by atoms with Crippen LogP contribution in [-0.4, -0.2) is 38.2 Å². The molecule has 0 heterocycles. The van der Waals surface area contributed by atoms with E-state index >= 15 is 0 Å². The number of aliphatic imine (C=N–C) groups is 1.